The molecule has 41 heavy (non-hydrogen) atoms. The van der Waals surface area contributed by atoms with Crippen molar-refractivity contribution in [3.63, 3.8) is 0 Å². The number of benzene rings is 2. The van der Waals surface area contributed by atoms with Gasteiger partial charge in [-0.15, -0.1) is 20.2 Å². The van der Waals surface area contributed by atoms with E-state index < -0.39 is 61.0 Å². The summed E-state index contributed by atoms with van der Waals surface area (Å²) in [6, 6.07) is 10.9. The number of carboxylic acid groups (broad SMARTS) is 1. The number of aliphatic carboxylic acids is 1. The number of aromatic nitrogens is 2. The SMILES string of the molecule is Cc1ccc(-c2cc(C(F)(F)F)nn2-c2ccc(S(=O)(=O)NC(=O)[C@@H](O[N+](=O)[O-])[C@@H](O[N+](=O)[O-])C(=O)O)cc2)cc1. The highest BCUT2D eigenvalue weighted by Crippen LogP contribution is 2.33. The number of hydrogen-bond donors (Lipinski definition) is 2. The fraction of sp³-hybridized carbons (Fsp3) is 0.190. The number of halogens is 3. The van der Waals surface area contributed by atoms with Gasteiger partial charge in [-0.2, -0.15) is 18.3 Å². The molecule has 2 N–H and O–H groups in total. The van der Waals surface area contributed by atoms with E-state index in [0.717, 1.165) is 40.6 Å². The van der Waals surface area contributed by atoms with E-state index in [-0.39, 0.29) is 11.4 Å². The van der Waals surface area contributed by atoms with Gasteiger partial charge in [-0.3, -0.25) is 14.5 Å². The summed E-state index contributed by atoms with van der Waals surface area (Å²) in [7, 11) is -4.94. The van der Waals surface area contributed by atoms with Crippen LogP contribution in [0, 0.1) is 27.2 Å². The Kier molecular flexibility index (Phi) is 8.46. The maximum Gasteiger partial charge on any atom is 0.435 e. The number of rotatable bonds is 11. The van der Waals surface area contributed by atoms with Crippen LogP contribution < -0.4 is 4.72 Å². The topological polar surface area (TPSA) is 223 Å². The Hall–Kier alpha value is -5.27. The van der Waals surface area contributed by atoms with Gasteiger partial charge >= 0.3 is 12.1 Å². The number of amides is 1. The van der Waals surface area contributed by atoms with Gasteiger partial charge in [0.15, 0.2) is 5.69 Å². The summed E-state index contributed by atoms with van der Waals surface area (Å²) in [5.41, 5.74) is -0.0891. The fourth-order valence-corrected chi connectivity index (χ4v) is 4.31. The van der Waals surface area contributed by atoms with Crippen molar-refractivity contribution in [2.45, 2.75) is 30.2 Å². The van der Waals surface area contributed by atoms with Crippen LogP contribution in [0.5, 0.6) is 0 Å². The average Bonchev–Trinajstić information content (AvgIpc) is 3.32. The van der Waals surface area contributed by atoms with Crippen LogP contribution in [0.25, 0.3) is 16.9 Å². The number of carbonyl (C=O) groups excluding carboxylic acids is 1. The lowest BCUT2D eigenvalue weighted by Gasteiger charge is -2.19. The zero-order chi connectivity index (χ0) is 30.7. The first-order valence-electron chi connectivity index (χ1n) is 10.8. The van der Waals surface area contributed by atoms with Gasteiger partial charge < -0.3 is 5.11 Å². The summed E-state index contributed by atoms with van der Waals surface area (Å²) >= 11 is 0. The molecule has 0 unspecified atom stereocenters. The molecule has 218 valence electrons. The molecule has 0 saturated carbocycles. The van der Waals surface area contributed by atoms with Gasteiger partial charge in [-0.1, -0.05) is 29.8 Å². The standard InChI is InChI=1S/C21H16F3N5O11S/c1-11-2-4-12(5-3-11)15-10-16(21(22,23)24)25-27(15)13-6-8-14(9-7-13)41(37,38)26-19(30)17(39-28(33)34)18(20(31)32)40-29(35)36/h2-10,17-18H,1H3,(H,26,30)(H,31,32)/t17-,18+/m0/s1. The van der Waals surface area contributed by atoms with E-state index in [1.165, 1.54) is 4.72 Å². The van der Waals surface area contributed by atoms with Gasteiger partial charge in [0.05, 0.1) is 16.3 Å². The number of nitrogens with zero attached hydrogens (tertiary/aromatic N) is 4. The summed E-state index contributed by atoms with van der Waals surface area (Å²) in [4.78, 5) is 51.7. The lowest BCUT2D eigenvalue weighted by molar-refractivity contribution is -0.792. The van der Waals surface area contributed by atoms with E-state index in [1.54, 1.807) is 31.2 Å². The molecule has 2 atom stereocenters. The summed E-state index contributed by atoms with van der Waals surface area (Å²) in [6.45, 7) is 1.77. The molecule has 0 radical (unpaired) electrons. The summed E-state index contributed by atoms with van der Waals surface area (Å²) in [5.74, 6) is -4.28. The number of nitrogens with one attached hydrogen (secondary N) is 1. The predicted molar refractivity (Wildman–Crippen MR) is 125 cm³/mol. The Balaban J connectivity index is 1.95. The van der Waals surface area contributed by atoms with Crippen molar-refractivity contribution in [3.8, 4) is 16.9 Å². The maximum absolute atomic E-state index is 13.4. The molecule has 20 heteroatoms. The van der Waals surface area contributed by atoms with Crippen LogP contribution in [-0.2, 0) is 35.5 Å². The van der Waals surface area contributed by atoms with Crippen LogP contribution in [0.15, 0.2) is 59.5 Å². The quantitative estimate of drug-likeness (QED) is 0.237. The minimum Gasteiger partial charge on any atom is -0.480 e. The maximum atomic E-state index is 13.4. The highest BCUT2D eigenvalue weighted by Gasteiger charge is 2.42. The molecule has 3 aromatic rings. The molecular weight excluding hydrogens is 587 g/mol. The first-order chi connectivity index (χ1) is 19.0. The van der Waals surface area contributed by atoms with Gasteiger partial charge in [-0.05, 0) is 37.3 Å². The van der Waals surface area contributed by atoms with Crippen molar-refractivity contribution in [1.82, 2.24) is 14.5 Å². The van der Waals surface area contributed by atoms with Crippen LogP contribution in [0.1, 0.15) is 11.3 Å². The molecule has 1 heterocycles. The summed E-state index contributed by atoms with van der Waals surface area (Å²) in [6.07, 6.45) is -10.7. The molecule has 1 amide bonds. The Morgan fingerprint density at radius 1 is 1.00 bits per heavy atom. The van der Waals surface area contributed by atoms with E-state index in [2.05, 4.69) is 14.8 Å². The van der Waals surface area contributed by atoms with Gasteiger partial charge in [-0.25, -0.2) is 22.6 Å². The van der Waals surface area contributed by atoms with Gasteiger partial charge in [0.2, 0.25) is 12.2 Å². The first kappa shape index (κ1) is 30.3. The third-order valence-corrected chi connectivity index (χ3v) is 6.51. The molecule has 2 aromatic carbocycles. The Morgan fingerprint density at radius 2 is 1.54 bits per heavy atom. The Bertz CT molecular complexity index is 1590. The minimum atomic E-state index is -4.94. The van der Waals surface area contributed by atoms with Gasteiger partial charge in [0.1, 0.15) is 0 Å². The van der Waals surface area contributed by atoms with Gasteiger partial charge in [0.25, 0.3) is 26.1 Å². The third kappa shape index (κ3) is 7.23. The number of aryl methyl sites for hydroxylation is 1. The van der Waals surface area contributed by atoms with Crippen LogP contribution in [0.4, 0.5) is 13.2 Å². The van der Waals surface area contributed by atoms with Crippen molar-refractivity contribution in [1.29, 1.82) is 0 Å². The number of alkyl halides is 3. The molecule has 0 saturated heterocycles. The second kappa shape index (κ2) is 11.5. The second-order valence-corrected chi connectivity index (χ2v) is 9.67. The number of carboxylic acids is 1. The van der Waals surface area contributed by atoms with E-state index in [4.69, 9.17) is 5.11 Å². The zero-order valence-corrected chi connectivity index (χ0v) is 21.0. The molecule has 0 aliphatic carbocycles. The van der Waals surface area contributed by atoms with Crippen LogP contribution in [0.2, 0.25) is 0 Å². The monoisotopic (exact) mass is 603 g/mol. The molecule has 0 aliphatic rings. The van der Waals surface area contributed by atoms with Crippen molar-refractivity contribution in [3.05, 3.63) is 86.1 Å². The zero-order valence-electron chi connectivity index (χ0n) is 20.2. The molecule has 0 fully saturated rings. The van der Waals surface area contributed by atoms with Gasteiger partial charge in [0, 0.05) is 5.56 Å². The Morgan fingerprint density at radius 3 is 2.02 bits per heavy atom. The van der Waals surface area contributed by atoms with Crippen LogP contribution >= 0.6 is 0 Å². The van der Waals surface area contributed by atoms with Crippen LogP contribution in [0.3, 0.4) is 0 Å². The van der Waals surface area contributed by atoms with E-state index in [1.807, 2.05) is 0 Å². The Labute approximate surface area is 226 Å². The van der Waals surface area contributed by atoms with Crippen molar-refractivity contribution in [2.75, 3.05) is 0 Å². The van der Waals surface area contributed by atoms with E-state index in [9.17, 15) is 51.4 Å². The average molecular weight is 603 g/mol. The molecule has 0 bridgehead atoms. The fourth-order valence-electron chi connectivity index (χ4n) is 3.32. The number of sulfonamides is 1. The normalized spacial score (nSPS) is 13.1. The lowest BCUT2D eigenvalue weighted by Crippen LogP contribution is -2.51. The van der Waals surface area contributed by atoms with Crippen molar-refractivity contribution in [2.24, 2.45) is 0 Å². The first-order valence-corrected chi connectivity index (χ1v) is 12.2. The number of carbonyl (C=O) groups is 2. The molecular formula is C21H16F3N5O11S. The van der Waals surface area contributed by atoms with E-state index >= 15 is 0 Å². The highest BCUT2D eigenvalue weighted by atomic mass is 32.2. The number of hydrogen-bond acceptors (Lipinski definition) is 11. The summed E-state index contributed by atoms with van der Waals surface area (Å²) in [5, 5.41) is 30.5. The molecule has 3 rings (SSSR count). The van der Waals surface area contributed by atoms with Crippen molar-refractivity contribution < 1.29 is 56.1 Å². The second-order valence-electron chi connectivity index (χ2n) is 7.99. The summed E-state index contributed by atoms with van der Waals surface area (Å²) < 4.78 is 67.8. The van der Waals surface area contributed by atoms with E-state index in [0.29, 0.717) is 5.56 Å². The highest BCUT2D eigenvalue weighted by molar-refractivity contribution is 7.90. The molecule has 16 nitrogen and oxygen atoms in total. The lowest BCUT2D eigenvalue weighted by atomic mass is 10.1. The van der Waals surface area contributed by atoms with Crippen molar-refractivity contribution >= 4 is 21.9 Å². The largest absolute Gasteiger partial charge is 0.480 e. The molecule has 0 spiro atoms. The minimum absolute atomic E-state index is 0.00603. The van der Waals surface area contributed by atoms with Crippen LogP contribution in [-0.4, -0.2) is 57.6 Å². The molecule has 1 aromatic heterocycles. The smallest absolute Gasteiger partial charge is 0.435 e. The predicted octanol–water partition coefficient (Wildman–Crippen LogP) is 1.91. The third-order valence-electron chi connectivity index (χ3n) is 5.15. The molecule has 0 aliphatic heterocycles.